The van der Waals surface area contributed by atoms with Crippen LogP contribution in [0.5, 0.6) is 5.75 Å². The number of amides is 1. The van der Waals surface area contributed by atoms with Gasteiger partial charge in [0.1, 0.15) is 5.75 Å². The van der Waals surface area contributed by atoms with Crippen LogP contribution in [0.3, 0.4) is 0 Å². The predicted molar refractivity (Wildman–Crippen MR) is 111 cm³/mol. The lowest BCUT2D eigenvalue weighted by atomic mass is 10.2. The fourth-order valence-electron chi connectivity index (χ4n) is 2.89. The maximum atomic E-state index is 13.0. The van der Waals surface area contributed by atoms with Crippen molar-refractivity contribution >= 4 is 33.2 Å². The summed E-state index contributed by atoms with van der Waals surface area (Å²) in [7, 11) is -3.72. The average Bonchev–Trinajstić information content (AvgIpc) is 2.69. The summed E-state index contributed by atoms with van der Waals surface area (Å²) in [6.07, 6.45) is -0.160. The molecule has 1 fully saturated rings. The molecule has 9 heteroatoms. The highest BCUT2D eigenvalue weighted by atomic mass is 35.5. The third-order valence-corrected chi connectivity index (χ3v) is 6.51. The SMILES string of the molecule is CC(C)Oc1ccc(S(=O)(=O)N2CCOCC2)cc1NC(=O)c1ccccc1Cl. The van der Waals surface area contributed by atoms with Gasteiger partial charge in [0.25, 0.3) is 5.91 Å². The van der Waals surface area contributed by atoms with E-state index in [9.17, 15) is 13.2 Å². The van der Waals surface area contributed by atoms with Gasteiger partial charge in [0.05, 0.1) is 40.5 Å². The summed E-state index contributed by atoms with van der Waals surface area (Å²) >= 11 is 6.11. The monoisotopic (exact) mass is 438 g/mol. The van der Waals surface area contributed by atoms with E-state index in [0.29, 0.717) is 24.0 Å². The van der Waals surface area contributed by atoms with Crippen LogP contribution in [0.1, 0.15) is 24.2 Å². The maximum absolute atomic E-state index is 13.0. The number of morpholine rings is 1. The number of rotatable bonds is 6. The number of hydrogen-bond acceptors (Lipinski definition) is 5. The molecular weight excluding hydrogens is 416 g/mol. The highest BCUT2D eigenvalue weighted by Crippen LogP contribution is 2.31. The molecule has 1 amide bonds. The number of benzene rings is 2. The molecule has 0 unspecified atom stereocenters. The molecule has 156 valence electrons. The lowest BCUT2D eigenvalue weighted by Crippen LogP contribution is -2.40. The van der Waals surface area contributed by atoms with Gasteiger partial charge in [-0.1, -0.05) is 23.7 Å². The molecule has 7 nitrogen and oxygen atoms in total. The normalized spacial score (nSPS) is 15.3. The van der Waals surface area contributed by atoms with E-state index < -0.39 is 15.9 Å². The van der Waals surface area contributed by atoms with Gasteiger partial charge in [0.2, 0.25) is 10.0 Å². The summed E-state index contributed by atoms with van der Waals surface area (Å²) in [5, 5.41) is 3.03. The molecule has 1 aliphatic rings. The molecule has 1 heterocycles. The summed E-state index contributed by atoms with van der Waals surface area (Å²) in [6, 6.07) is 11.1. The number of halogens is 1. The topological polar surface area (TPSA) is 84.9 Å². The highest BCUT2D eigenvalue weighted by Gasteiger charge is 2.27. The molecule has 0 aliphatic carbocycles. The van der Waals surface area contributed by atoms with Gasteiger partial charge in [-0.3, -0.25) is 4.79 Å². The number of carbonyl (C=O) groups is 1. The molecule has 29 heavy (non-hydrogen) atoms. The quantitative estimate of drug-likeness (QED) is 0.747. The predicted octanol–water partition coefficient (Wildman–Crippen LogP) is 3.40. The molecule has 0 atom stereocenters. The lowest BCUT2D eigenvalue weighted by molar-refractivity contribution is 0.0730. The van der Waals surface area contributed by atoms with E-state index in [2.05, 4.69) is 5.32 Å². The fourth-order valence-corrected chi connectivity index (χ4v) is 4.55. The van der Waals surface area contributed by atoms with E-state index in [-0.39, 0.29) is 35.3 Å². The number of anilines is 1. The molecule has 0 spiro atoms. The van der Waals surface area contributed by atoms with Crippen molar-refractivity contribution in [2.45, 2.75) is 24.8 Å². The van der Waals surface area contributed by atoms with E-state index >= 15 is 0 Å². The second kappa shape index (κ2) is 9.13. The minimum Gasteiger partial charge on any atom is -0.489 e. The van der Waals surface area contributed by atoms with Crippen molar-refractivity contribution in [3.05, 3.63) is 53.1 Å². The Kier molecular flexibility index (Phi) is 6.79. The number of ether oxygens (including phenoxy) is 2. The van der Waals surface area contributed by atoms with Crippen LogP contribution in [0.15, 0.2) is 47.4 Å². The van der Waals surface area contributed by atoms with Gasteiger partial charge < -0.3 is 14.8 Å². The second-order valence-corrected chi connectivity index (χ2v) is 9.12. The lowest BCUT2D eigenvalue weighted by Gasteiger charge is -2.26. The van der Waals surface area contributed by atoms with E-state index in [1.165, 1.54) is 16.4 Å². The molecule has 0 saturated carbocycles. The molecule has 0 aromatic heterocycles. The summed E-state index contributed by atoms with van der Waals surface area (Å²) in [5.41, 5.74) is 0.545. The van der Waals surface area contributed by atoms with Gasteiger partial charge in [-0.05, 0) is 44.2 Å². The molecule has 0 radical (unpaired) electrons. The number of sulfonamides is 1. The molecule has 1 saturated heterocycles. The van der Waals surface area contributed by atoms with Crippen LogP contribution in [-0.4, -0.2) is 51.0 Å². The zero-order valence-corrected chi connectivity index (χ0v) is 17.8. The maximum Gasteiger partial charge on any atom is 0.257 e. The van der Waals surface area contributed by atoms with Crippen molar-refractivity contribution in [3.63, 3.8) is 0 Å². The van der Waals surface area contributed by atoms with Crippen LogP contribution < -0.4 is 10.1 Å². The molecule has 2 aromatic carbocycles. The number of carbonyl (C=O) groups excluding carboxylic acids is 1. The smallest absolute Gasteiger partial charge is 0.257 e. The van der Waals surface area contributed by atoms with Crippen LogP contribution >= 0.6 is 11.6 Å². The van der Waals surface area contributed by atoms with Crippen molar-refractivity contribution < 1.29 is 22.7 Å². The first-order chi connectivity index (χ1) is 13.8. The van der Waals surface area contributed by atoms with E-state index in [1.54, 1.807) is 30.3 Å². The molecule has 3 rings (SSSR count). The minimum atomic E-state index is -3.72. The summed E-state index contributed by atoms with van der Waals surface area (Å²) in [6.45, 7) is 4.96. The van der Waals surface area contributed by atoms with Crippen molar-refractivity contribution in [1.29, 1.82) is 0 Å². The van der Waals surface area contributed by atoms with Gasteiger partial charge in [-0.15, -0.1) is 0 Å². The first-order valence-electron chi connectivity index (χ1n) is 9.23. The molecule has 2 aromatic rings. The van der Waals surface area contributed by atoms with Gasteiger partial charge in [-0.2, -0.15) is 4.31 Å². The van der Waals surface area contributed by atoms with E-state index in [1.807, 2.05) is 13.8 Å². The third kappa shape index (κ3) is 5.08. The number of hydrogen-bond donors (Lipinski definition) is 1. The highest BCUT2D eigenvalue weighted by molar-refractivity contribution is 7.89. The Bertz CT molecular complexity index is 988. The third-order valence-electron chi connectivity index (χ3n) is 4.29. The zero-order valence-electron chi connectivity index (χ0n) is 16.2. The Morgan fingerprint density at radius 1 is 1.17 bits per heavy atom. The van der Waals surface area contributed by atoms with Crippen LogP contribution in [0.2, 0.25) is 5.02 Å². The molecule has 0 bridgehead atoms. The van der Waals surface area contributed by atoms with Gasteiger partial charge in [0.15, 0.2) is 0 Å². The Morgan fingerprint density at radius 3 is 2.52 bits per heavy atom. The molecular formula is C20H23ClN2O5S. The number of nitrogens with one attached hydrogen (secondary N) is 1. The first-order valence-corrected chi connectivity index (χ1v) is 11.1. The number of nitrogens with zero attached hydrogens (tertiary/aromatic N) is 1. The van der Waals surface area contributed by atoms with Crippen LogP contribution in [-0.2, 0) is 14.8 Å². The van der Waals surface area contributed by atoms with Crippen molar-refractivity contribution in [1.82, 2.24) is 4.31 Å². The molecule has 1 aliphatic heterocycles. The van der Waals surface area contributed by atoms with E-state index in [4.69, 9.17) is 21.1 Å². The largest absolute Gasteiger partial charge is 0.489 e. The zero-order chi connectivity index (χ0) is 21.0. The van der Waals surface area contributed by atoms with Gasteiger partial charge >= 0.3 is 0 Å². The Balaban J connectivity index is 1.96. The Morgan fingerprint density at radius 2 is 1.86 bits per heavy atom. The Labute approximate surface area is 175 Å². The first kappa shape index (κ1) is 21.6. The average molecular weight is 439 g/mol. The summed E-state index contributed by atoms with van der Waals surface area (Å²) in [4.78, 5) is 12.8. The summed E-state index contributed by atoms with van der Waals surface area (Å²) < 4.78 is 38.3. The standard InChI is InChI=1S/C20H23ClN2O5S/c1-14(2)28-19-8-7-15(29(25,26)23-9-11-27-12-10-23)13-18(19)22-20(24)16-5-3-4-6-17(16)21/h3-8,13-14H,9-12H2,1-2H3,(H,22,24). The van der Waals surface area contributed by atoms with Crippen LogP contribution in [0.4, 0.5) is 5.69 Å². The fraction of sp³-hybridized carbons (Fsp3) is 0.350. The van der Waals surface area contributed by atoms with Gasteiger partial charge in [0, 0.05) is 13.1 Å². The van der Waals surface area contributed by atoms with Crippen LogP contribution in [0.25, 0.3) is 0 Å². The second-order valence-electron chi connectivity index (χ2n) is 6.78. The van der Waals surface area contributed by atoms with Crippen molar-refractivity contribution in [2.75, 3.05) is 31.6 Å². The Hall–Kier alpha value is -2.13. The minimum absolute atomic E-state index is 0.0740. The van der Waals surface area contributed by atoms with Gasteiger partial charge in [-0.25, -0.2) is 8.42 Å². The summed E-state index contributed by atoms with van der Waals surface area (Å²) in [5.74, 6) is -0.0774. The van der Waals surface area contributed by atoms with Crippen LogP contribution in [0, 0.1) is 0 Å². The van der Waals surface area contributed by atoms with Crippen molar-refractivity contribution in [3.8, 4) is 5.75 Å². The van der Waals surface area contributed by atoms with Crippen molar-refractivity contribution in [2.24, 2.45) is 0 Å². The van der Waals surface area contributed by atoms with E-state index in [0.717, 1.165) is 0 Å². The molecule has 1 N–H and O–H groups in total.